The molecule has 1 saturated carbocycles. The summed E-state index contributed by atoms with van der Waals surface area (Å²) >= 11 is 0.164. The van der Waals surface area contributed by atoms with E-state index < -0.39 is 0 Å². The Labute approximate surface area is 316 Å². The SMILES string of the molecule is c1ccc(-c2c3ccccc3c(-c3cccc4[se]c5c(-c6c7ccccc7c(C7CCCCC7)c7ccccc67)cccc5c34)c3ccccc23)cc1. The van der Waals surface area contributed by atoms with Crippen molar-refractivity contribution in [3.8, 4) is 33.4 Å². The van der Waals surface area contributed by atoms with Gasteiger partial charge in [0.1, 0.15) is 0 Å². The van der Waals surface area contributed by atoms with Crippen molar-refractivity contribution in [2.45, 2.75) is 38.0 Å². The number of hydrogen-bond donors (Lipinski definition) is 0. The fourth-order valence-corrected chi connectivity index (χ4v) is 12.5. The summed E-state index contributed by atoms with van der Waals surface area (Å²) in [5, 5.41) is 13.8. The van der Waals surface area contributed by atoms with Crippen LogP contribution in [0.5, 0.6) is 0 Å². The number of rotatable bonds is 4. The van der Waals surface area contributed by atoms with Gasteiger partial charge in [-0.1, -0.05) is 0 Å². The molecule has 0 spiro atoms. The standard InChI is InChI=1S/C52H38Se/c1-3-17-33(18-4-1)47-35-21-7-11-25-39(35)49(40-26-12-8-22-36(40)47)43-29-16-32-46-51(43)45-31-15-30-44(52(45)53-46)50-41-27-13-9-23-37(41)48(34-19-5-2-6-20-34)38-24-10-14-28-42(38)50/h1,3-4,7-18,21-32,34H,2,5-6,19-20H2. The van der Waals surface area contributed by atoms with E-state index in [-0.39, 0.29) is 14.5 Å². The van der Waals surface area contributed by atoms with Gasteiger partial charge in [-0.2, -0.15) is 0 Å². The van der Waals surface area contributed by atoms with E-state index in [1.54, 1.807) is 5.56 Å². The third kappa shape index (κ3) is 4.81. The number of hydrogen-bond acceptors (Lipinski definition) is 0. The topological polar surface area (TPSA) is 0 Å². The summed E-state index contributed by atoms with van der Waals surface area (Å²) in [6.07, 6.45) is 6.64. The molecule has 252 valence electrons. The fraction of sp³-hybridized carbons (Fsp3) is 0.115. The van der Waals surface area contributed by atoms with Crippen LogP contribution >= 0.6 is 0 Å². The zero-order chi connectivity index (χ0) is 34.9. The summed E-state index contributed by atoms with van der Waals surface area (Å²) in [5.74, 6) is 0.628. The van der Waals surface area contributed by atoms with Crippen LogP contribution in [0.4, 0.5) is 0 Å². The summed E-state index contributed by atoms with van der Waals surface area (Å²) in [5.41, 5.74) is 9.66. The third-order valence-corrected chi connectivity index (χ3v) is 14.6. The van der Waals surface area contributed by atoms with Gasteiger partial charge < -0.3 is 0 Å². The second kappa shape index (κ2) is 12.6. The minimum atomic E-state index is 0.164. The molecule has 1 fully saturated rings. The van der Waals surface area contributed by atoms with E-state index in [0.29, 0.717) is 5.92 Å². The summed E-state index contributed by atoms with van der Waals surface area (Å²) in [6.45, 7) is 0. The van der Waals surface area contributed by atoms with Crippen LogP contribution < -0.4 is 0 Å². The van der Waals surface area contributed by atoms with Gasteiger partial charge in [-0.3, -0.25) is 0 Å². The van der Waals surface area contributed by atoms with Crippen molar-refractivity contribution < 1.29 is 0 Å². The van der Waals surface area contributed by atoms with E-state index in [0.717, 1.165) is 0 Å². The molecule has 0 unspecified atom stereocenters. The van der Waals surface area contributed by atoms with Gasteiger partial charge in [0, 0.05) is 0 Å². The number of benzene rings is 9. The van der Waals surface area contributed by atoms with Crippen molar-refractivity contribution in [1.29, 1.82) is 0 Å². The molecule has 0 atom stereocenters. The molecule has 1 aliphatic rings. The molecule has 1 heterocycles. The van der Waals surface area contributed by atoms with Crippen molar-refractivity contribution in [1.82, 2.24) is 0 Å². The molecule has 0 radical (unpaired) electrons. The van der Waals surface area contributed by atoms with E-state index in [4.69, 9.17) is 0 Å². The van der Waals surface area contributed by atoms with Gasteiger partial charge >= 0.3 is 318 Å². The summed E-state index contributed by atoms with van der Waals surface area (Å²) in [6, 6.07) is 61.9. The van der Waals surface area contributed by atoms with Gasteiger partial charge in [0.05, 0.1) is 0 Å². The monoisotopic (exact) mass is 742 g/mol. The van der Waals surface area contributed by atoms with Gasteiger partial charge in [0.25, 0.3) is 0 Å². The quantitative estimate of drug-likeness (QED) is 0.124. The second-order valence-corrected chi connectivity index (χ2v) is 17.1. The Bertz CT molecular complexity index is 2920. The van der Waals surface area contributed by atoms with Gasteiger partial charge in [-0.05, 0) is 0 Å². The Kier molecular flexibility index (Phi) is 7.39. The minimum absolute atomic E-state index is 0.164. The van der Waals surface area contributed by atoms with Crippen LogP contribution in [0.2, 0.25) is 0 Å². The second-order valence-electron chi connectivity index (χ2n) is 14.9. The molecule has 0 amide bonds. The first-order valence-electron chi connectivity index (χ1n) is 19.2. The molecule has 10 aromatic rings. The summed E-state index contributed by atoms with van der Waals surface area (Å²) in [7, 11) is 0. The van der Waals surface area contributed by atoms with Crippen molar-refractivity contribution in [2.75, 3.05) is 0 Å². The van der Waals surface area contributed by atoms with E-state index in [1.165, 1.54) is 128 Å². The average Bonchev–Trinajstić information content (AvgIpc) is 3.62. The maximum atomic E-state index is 2.42. The summed E-state index contributed by atoms with van der Waals surface area (Å²) < 4.78 is 2.99. The maximum absolute atomic E-state index is 2.42. The van der Waals surface area contributed by atoms with E-state index in [1.807, 2.05) is 0 Å². The first kappa shape index (κ1) is 31.1. The van der Waals surface area contributed by atoms with Gasteiger partial charge in [0.2, 0.25) is 0 Å². The Morgan fingerprint density at radius 3 is 1.42 bits per heavy atom. The molecule has 0 N–H and O–H groups in total. The molecule has 0 saturated heterocycles. The molecule has 9 aromatic carbocycles. The van der Waals surface area contributed by atoms with E-state index in [9.17, 15) is 0 Å². The molecular formula is C52H38Se. The third-order valence-electron chi connectivity index (χ3n) is 12.0. The van der Waals surface area contributed by atoms with Gasteiger partial charge in [-0.25, -0.2) is 0 Å². The van der Waals surface area contributed by atoms with E-state index >= 15 is 0 Å². The zero-order valence-corrected chi connectivity index (χ0v) is 31.3. The van der Waals surface area contributed by atoms with Crippen molar-refractivity contribution in [3.63, 3.8) is 0 Å². The Hall–Kier alpha value is -5.46. The normalized spacial score (nSPS) is 14.0. The van der Waals surface area contributed by atoms with Gasteiger partial charge in [-0.15, -0.1) is 0 Å². The van der Waals surface area contributed by atoms with Gasteiger partial charge in [0.15, 0.2) is 0 Å². The predicted octanol–water partition coefficient (Wildman–Crippen LogP) is 14.7. The molecule has 53 heavy (non-hydrogen) atoms. The Balaban J connectivity index is 1.22. The zero-order valence-electron chi connectivity index (χ0n) is 29.6. The molecule has 0 aliphatic heterocycles. The average molecular weight is 742 g/mol. The van der Waals surface area contributed by atoms with Crippen LogP contribution in [-0.2, 0) is 0 Å². The molecule has 1 heteroatoms. The van der Waals surface area contributed by atoms with Crippen molar-refractivity contribution >= 4 is 76.9 Å². The first-order valence-corrected chi connectivity index (χ1v) is 20.9. The fourth-order valence-electron chi connectivity index (χ4n) is 9.87. The van der Waals surface area contributed by atoms with Crippen molar-refractivity contribution in [2.24, 2.45) is 0 Å². The van der Waals surface area contributed by atoms with Crippen LogP contribution in [0.25, 0.3) is 95.8 Å². The Morgan fingerprint density at radius 2 is 0.811 bits per heavy atom. The van der Waals surface area contributed by atoms with Crippen LogP contribution in [0.15, 0.2) is 164 Å². The summed E-state index contributed by atoms with van der Waals surface area (Å²) in [4.78, 5) is 0. The Morgan fingerprint density at radius 1 is 0.358 bits per heavy atom. The molecule has 11 rings (SSSR count). The van der Waals surface area contributed by atoms with Crippen LogP contribution in [-0.4, -0.2) is 14.5 Å². The molecule has 0 bridgehead atoms. The van der Waals surface area contributed by atoms with Crippen molar-refractivity contribution in [3.05, 3.63) is 169 Å². The molecule has 1 aromatic heterocycles. The molecule has 0 nitrogen and oxygen atoms in total. The van der Waals surface area contributed by atoms with Crippen LogP contribution in [0, 0.1) is 0 Å². The van der Waals surface area contributed by atoms with Crippen LogP contribution in [0.1, 0.15) is 43.6 Å². The molecule has 1 aliphatic carbocycles. The predicted molar refractivity (Wildman–Crippen MR) is 231 cm³/mol. The van der Waals surface area contributed by atoms with Crippen LogP contribution in [0.3, 0.4) is 0 Å². The van der Waals surface area contributed by atoms with E-state index in [2.05, 4.69) is 164 Å². The first-order chi connectivity index (χ1) is 26.3. The molecular weight excluding hydrogens is 704 g/mol. The number of fused-ring (bicyclic) bond motifs is 7.